The number of nitrogens with zero attached hydrogens (tertiary/aromatic N) is 2. The van der Waals surface area contributed by atoms with Gasteiger partial charge in [0, 0.05) is 26.2 Å². The van der Waals surface area contributed by atoms with E-state index in [1.165, 1.54) is 7.11 Å². The molecule has 1 aliphatic heterocycles. The molecule has 6 nitrogen and oxygen atoms in total. The molecule has 0 aromatic carbocycles. The van der Waals surface area contributed by atoms with E-state index in [-0.39, 0.29) is 11.9 Å². The average molecular weight is 285 g/mol. The van der Waals surface area contributed by atoms with Gasteiger partial charge in [0.15, 0.2) is 0 Å². The minimum atomic E-state index is -0.513. The van der Waals surface area contributed by atoms with E-state index in [1.807, 2.05) is 30.7 Å². The number of esters is 1. The number of hydrogen-bond acceptors (Lipinski definition) is 5. The Morgan fingerprint density at radius 3 is 2.45 bits per heavy atom. The van der Waals surface area contributed by atoms with E-state index in [9.17, 15) is 9.59 Å². The molecule has 1 rings (SSSR count). The Morgan fingerprint density at radius 1 is 1.30 bits per heavy atom. The van der Waals surface area contributed by atoms with Crippen LogP contribution in [0.15, 0.2) is 0 Å². The van der Waals surface area contributed by atoms with E-state index in [0.717, 1.165) is 26.2 Å². The molecule has 1 fully saturated rings. The van der Waals surface area contributed by atoms with Crippen LogP contribution in [0, 0.1) is 5.41 Å². The molecule has 20 heavy (non-hydrogen) atoms. The Morgan fingerprint density at radius 2 is 1.90 bits per heavy atom. The summed E-state index contributed by atoms with van der Waals surface area (Å²) >= 11 is 0. The first-order valence-electron chi connectivity index (χ1n) is 7.12. The minimum Gasteiger partial charge on any atom is -0.469 e. The zero-order chi connectivity index (χ0) is 15.2. The number of hydrogen-bond donors (Lipinski definition) is 1. The Bertz CT molecular complexity index is 339. The SMILES string of the molecule is COC(=O)C(C)(C)CCN(C)CC(=O)N1CCNCC1. The highest BCUT2D eigenvalue weighted by atomic mass is 16.5. The van der Waals surface area contributed by atoms with Crippen LogP contribution in [0.1, 0.15) is 20.3 Å². The van der Waals surface area contributed by atoms with E-state index in [4.69, 9.17) is 4.74 Å². The fraction of sp³-hybridized carbons (Fsp3) is 0.857. The number of likely N-dealkylation sites (N-methyl/N-ethyl adjacent to an activating group) is 1. The average Bonchev–Trinajstić information content (AvgIpc) is 2.45. The van der Waals surface area contributed by atoms with Crippen LogP contribution >= 0.6 is 0 Å². The lowest BCUT2D eigenvalue weighted by molar-refractivity contribution is -0.151. The second-order valence-electron chi connectivity index (χ2n) is 5.99. The molecule has 0 aromatic heterocycles. The van der Waals surface area contributed by atoms with Crippen LogP contribution in [0.3, 0.4) is 0 Å². The van der Waals surface area contributed by atoms with Crippen molar-refractivity contribution in [2.75, 3.05) is 53.4 Å². The van der Waals surface area contributed by atoms with E-state index in [2.05, 4.69) is 5.32 Å². The van der Waals surface area contributed by atoms with Crippen molar-refractivity contribution in [3.05, 3.63) is 0 Å². The van der Waals surface area contributed by atoms with Gasteiger partial charge in [-0.3, -0.25) is 14.5 Å². The van der Waals surface area contributed by atoms with E-state index < -0.39 is 5.41 Å². The molecule has 0 spiro atoms. The number of rotatable bonds is 6. The summed E-state index contributed by atoms with van der Waals surface area (Å²) in [6, 6.07) is 0. The van der Waals surface area contributed by atoms with Gasteiger partial charge in [-0.25, -0.2) is 0 Å². The first-order valence-corrected chi connectivity index (χ1v) is 7.12. The monoisotopic (exact) mass is 285 g/mol. The molecule has 1 saturated heterocycles. The number of carbonyl (C=O) groups excluding carboxylic acids is 2. The van der Waals surface area contributed by atoms with Gasteiger partial charge >= 0.3 is 5.97 Å². The zero-order valence-corrected chi connectivity index (χ0v) is 13.1. The lowest BCUT2D eigenvalue weighted by Crippen LogP contribution is -2.49. The van der Waals surface area contributed by atoms with Gasteiger partial charge < -0.3 is 15.0 Å². The predicted octanol–water partition coefficient (Wildman–Crippen LogP) is -0.0607. The summed E-state index contributed by atoms with van der Waals surface area (Å²) in [5.74, 6) is -0.0517. The maximum absolute atomic E-state index is 12.1. The highest BCUT2D eigenvalue weighted by Gasteiger charge is 2.29. The second-order valence-corrected chi connectivity index (χ2v) is 5.99. The lowest BCUT2D eigenvalue weighted by Gasteiger charge is -2.30. The molecule has 0 atom stereocenters. The number of amides is 1. The van der Waals surface area contributed by atoms with Gasteiger partial charge in [0.2, 0.25) is 5.91 Å². The Balaban J connectivity index is 2.34. The molecule has 0 radical (unpaired) electrons. The second kappa shape index (κ2) is 7.59. The minimum absolute atomic E-state index is 0.157. The normalized spacial score (nSPS) is 16.4. The first kappa shape index (κ1) is 16.9. The number of methoxy groups -OCH3 is 1. The van der Waals surface area contributed by atoms with Gasteiger partial charge in [0.05, 0.1) is 19.1 Å². The van der Waals surface area contributed by atoms with Crippen LogP contribution in [0.25, 0.3) is 0 Å². The van der Waals surface area contributed by atoms with Gasteiger partial charge in [-0.05, 0) is 33.9 Å². The standard InChI is InChI=1S/C14H27N3O3/c1-14(2,13(19)20-4)5-8-16(3)11-12(18)17-9-6-15-7-10-17/h15H,5-11H2,1-4H3. The molecule has 0 saturated carbocycles. The molecule has 0 bridgehead atoms. The molecule has 1 N–H and O–H groups in total. The molecule has 0 unspecified atom stereocenters. The molecule has 116 valence electrons. The number of ether oxygens (including phenoxy) is 1. The first-order chi connectivity index (χ1) is 9.36. The fourth-order valence-corrected chi connectivity index (χ4v) is 2.17. The summed E-state index contributed by atoms with van der Waals surface area (Å²) in [6.07, 6.45) is 0.672. The maximum atomic E-state index is 12.1. The van der Waals surface area contributed by atoms with Crippen LogP contribution < -0.4 is 5.32 Å². The van der Waals surface area contributed by atoms with Crippen molar-refractivity contribution in [2.45, 2.75) is 20.3 Å². The van der Waals surface area contributed by atoms with Crippen molar-refractivity contribution >= 4 is 11.9 Å². The van der Waals surface area contributed by atoms with Crippen LogP contribution in [-0.4, -0.2) is 75.1 Å². The zero-order valence-electron chi connectivity index (χ0n) is 13.1. The number of nitrogens with one attached hydrogen (secondary N) is 1. The molecular weight excluding hydrogens is 258 g/mol. The smallest absolute Gasteiger partial charge is 0.311 e. The highest BCUT2D eigenvalue weighted by molar-refractivity contribution is 5.78. The summed E-state index contributed by atoms with van der Waals surface area (Å²) in [4.78, 5) is 27.5. The van der Waals surface area contributed by atoms with Crippen LogP contribution in [0.4, 0.5) is 0 Å². The summed E-state index contributed by atoms with van der Waals surface area (Å²) in [7, 11) is 3.31. The van der Waals surface area contributed by atoms with Crippen molar-refractivity contribution in [2.24, 2.45) is 5.41 Å². The van der Waals surface area contributed by atoms with Crippen LogP contribution in [0.5, 0.6) is 0 Å². The van der Waals surface area contributed by atoms with E-state index in [1.54, 1.807) is 0 Å². The molecular formula is C14H27N3O3. The van der Waals surface area contributed by atoms with Crippen LogP contribution in [-0.2, 0) is 14.3 Å². The molecule has 0 aromatic rings. The van der Waals surface area contributed by atoms with Gasteiger partial charge in [-0.15, -0.1) is 0 Å². The summed E-state index contributed by atoms with van der Waals surface area (Å²) in [5.41, 5.74) is -0.513. The third-order valence-corrected chi connectivity index (χ3v) is 3.73. The van der Waals surface area contributed by atoms with Crippen molar-refractivity contribution < 1.29 is 14.3 Å². The largest absolute Gasteiger partial charge is 0.469 e. The van der Waals surface area contributed by atoms with Gasteiger partial charge in [0.1, 0.15) is 0 Å². The van der Waals surface area contributed by atoms with Crippen molar-refractivity contribution in [3.63, 3.8) is 0 Å². The Kier molecular flexibility index (Phi) is 6.42. The third kappa shape index (κ3) is 5.09. The number of carbonyl (C=O) groups is 2. The van der Waals surface area contributed by atoms with Gasteiger partial charge in [-0.1, -0.05) is 0 Å². The third-order valence-electron chi connectivity index (χ3n) is 3.73. The Hall–Kier alpha value is -1.14. The van der Waals surface area contributed by atoms with Crippen molar-refractivity contribution in [1.29, 1.82) is 0 Å². The highest BCUT2D eigenvalue weighted by Crippen LogP contribution is 2.22. The quantitative estimate of drug-likeness (QED) is 0.693. The maximum Gasteiger partial charge on any atom is 0.311 e. The topological polar surface area (TPSA) is 61.9 Å². The summed E-state index contributed by atoms with van der Waals surface area (Å²) in [6.45, 7) is 8.11. The van der Waals surface area contributed by atoms with Crippen molar-refractivity contribution in [3.8, 4) is 0 Å². The molecule has 6 heteroatoms. The summed E-state index contributed by atoms with van der Waals surface area (Å²) < 4.78 is 4.78. The van der Waals surface area contributed by atoms with Gasteiger partial charge in [0.25, 0.3) is 0 Å². The molecule has 1 amide bonds. The number of piperazine rings is 1. The summed E-state index contributed by atoms with van der Waals surface area (Å²) in [5, 5.41) is 3.23. The van der Waals surface area contributed by atoms with Crippen LogP contribution in [0.2, 0.25) is 0 Å². The van der Waals surface area contributed by atoms with E-state index in [0.29, 0.717) is 19.5 Å². The predicted molar refractivity (Wildman–Crippen MR) is 77.4 cm³/mol. The molecule has 1 aliphatic rings. The van der Waals surface area contributed by atoms with Gasteiger partial charge in [-0.2, -0.15) is 0 Å². The molecule has 1 heterocycles. The Labute approximate surface area is 121 Å². The molecule has 0 aliphatic carbocycles. The van der Waals surface area contributed by atoms with Crippen molar-refractivity contribution in [1.82, 2.24) is 15.1 Å². The lowest BCUT2D eigenvalue weighted by atomic mass is 9.89. The fourth-order valence-electron chi connectivity index (χ4n) is 2.17. The van der Waals surface area contributed by atoms with E-state index >= 15 is 0 Å².